The number of anilines is 1. The molecule has 1 aromatic heterocycles. The molecule has 0 saturated heterocycles. The Morgan fingerprint density at radius 1 is 1.12 bits per heavy atom. The number of benzene rings is 3. The molecule has 1 heterocycles. The van der Waals surface area contributed by atoms with Crippen molar-refractivity contribution >= 4 is 21.7 Å². The van der Waals surface area contributed by atoms with E-state index in [9.17, 15) is 18.3 Å². The zero-order valence-electron chi connectivity index (χ0n) is 17.3. The lowest BCUT2D eigenvalue weighted by Gasteiger charge is -2.17. The van der Waals surface area contributed by atoms with E-state index in [-0.39, 0.29) is 21.8 Å². The van der Waals surface area contributed by atoms with Crippen LogP contribution in [0.25, 0.3) is 16.8 Å². The molecule has 0 radical (unpaired) electrons. The summed E-state index contributed by atoms with van der Waals surface area (Å²) in [5.74, 6) is -2.16. The van der Waals surface area contributed by atoms with Crippen molar-refractivity contribution in [2.75, 3.05) is 4.72 Å². The van der Waals surface area contributed by atoms with Crippen LogP contribution in [-0.2, 0) is 16.4 Å². The number of nitrogens with zero attached hydrogens (tertiary/aromatic N) is 4. The smallest absolute Gasteiger partial charge is 0.335 e. The molecule has 2 N–H and O–H groups in total. The van der Waals surface area contributed by atoms with Crippen LogP contribution in [0.15, 0.2) is 71.9 Å². The van der Waals surface area contributed by atoms with E-state index < -0.39 is 21.8 Å². The first-order valence-electron chi connectivity index (χ1n) is 9.82. The van der Waals surface area contributed by atoms with Gasteiger partial charge in [0.2, 0.25) is 0 Å². The van der Waals surface area contributed by atoms with E-state index in [0.29, 0.717) is 23.1 Å². The monoisotopic (exact) mass is 467 g/mol. The van der Waals surface area contributed by atoms with Gasteiger partial charge >= 0.3 is 5.97 Å². The molecular formula is C22H18FN5O4S. The van der Waals surface area contributed by atoms with Crippen molar-refractivity contribution in [2.45, 2.75) is 18.2 Å². The molecule has 4 aromatic rings. The molecule has 0 saturated carbocycles. The average Bonchev–Trinajstić information content (AvgIpc) is 3.35. The molecule has 0 aliphatic heterocycles. The molecule has 11 heteroatoms. The van der Waals surface area contributed by atoms with Crippen LogP contribution >= 0.6 is 0 Å². The first-order valence-corrected chi connectivity index (χ1v) is 11.3. The van der Waals surface area contributed by atoms with Gasteiger partial charge < -0.3 is 5.11 Å². The Labute approximate surface area is 188 Å². The van der Waals surface area contributed by atoms with E-state index >= 15 is 4.39 Å². The molecule has 0 amide bonds. The highest BCUT2D eigenvalue weighted by Crippen LogP contribution is 2.35. The maximum atomic E-state index is 15.7. The lowest BCUT2D eigenvalue weighted by atomic mass is 10.0. The number of halogens is 1. The van der Waals surface area contributed by atoms with Gasteiger partial charge in [-0.25, -0.2) is 17.6 Å². The van der Waals surface area contributed by atoms with Crippen LogP contribution < -0.4 is 4.72 Å². The van der Waals surface area contributed by atoms with Crippen molar-refractivity contribution in [2.24, 2.45) is 0 Å². The molecule has 0 atom stereocenters. The van der Waals surface area contributed by atoms with Gasteiger partial charge in [0.05, 0.1) is 16.1 Å². The number of rotatable bonds is 7. The number of nitrogens with one attached hydrogen (secondary N) is 1. The summed E-state index contributed by atoms with van der Waals surface area (Å²) in [5.41, 5.74) is 0.697. The number of hydrogen-bond donors (Lipinski definition) is 2. The number of aromatic nitrogens is 4. The van der Waals surface area contributed by atoms with Gasteiger partial charge in [-0.05, 0) is 52.2 Å². The minimum Gasteiger partial charge on any atom is -0.478 e. The van der Waals surface area contributed by atoms with Crippen molar-refractivity contribution in [3.63, 3.8) is 0 Å². The normalized spacial score (nSPS) is 11.3. The van der Waals surface area contributed by atoms with Gasteiger partial charge in [0.25, 0.3) is 10.0 Å². The minimum atomic E-state index is -4.36. The van der Waals surface area contributed by atoms with E-state index in [1.165, 1.54) is 24.5 Å². The van der Waals surface area contributed by atoms with Crippen molar-refractivity contribution < 1.29 is 22.7 Å². The maximum absolute atomic E-state index is 15.7. The molecule has 0 fully saturated rings. The molecule has 33 heavy (non-hydrogen) atoms. The fourth-order valence-electron chi connectivity index (χ4n) is 3.39. The summed E-state index contributed by atoms with van der Waals surface area (Å²) < 4.78 is 45.8. The first-order chi connectivity index (χ1) is 15.8. The van der Waals surface area contributed by atoms with E-state index in [1.807, 2.05) is 0 Å². The molecule has 0 spiro atoms. The second-order valence-electron chi connectivity index (χ2n) is 7.03. The summed E-state index contributed by atoms with van der Waals surface area (Å²) in [4.78, 5) is 11.2. The highest BCUT2D eigenvalue weighted by Gasteiger charge is 2.25. The molecule has 168 valence electrons. The third-order valence-electron chi connectivity index (χ3n) is 5.02. The van der Waals surface area contributed by atoms with Crippen LogP contribution in [0.1, 0.15) is 22.8 Å². The highest BCUT2D eigenvalue weighted by molar-refractivity contribution is 7.92. The number of tetrazole rings is 1. The number of sulfonamides is 1. The highest BCUT2D eigenvalue weighted by atomic mass is 32.2. The number of hydrogen-bond acceptors (Lipinski definition) is 6. The number of aromatic carboxylic acids is 1. The van der Waals surface area contributed by atoms with Crippen molar-refractivity contribution in [1.29, 1.82) is 0 Å². The molecule has 3 aromatic carbocycles. The van der Waals surface area contributed by atoms with Crippen LogP contribution in [0.3, 0.4) is 0 Å². The Morgan fingerprint density at radius 2 is 1.88 bits per heavy atom. The Morgan fingerprint density at radius 3 is 2.52 bits per heavy atom. The molecule has 0 bridgehead atoms. The number of carboxylic acids is 1. The zero-order chi connectivity index (χ0) is 23.6. The maximum Gasteiger partial charge on any atom is 0.335 e. The largest absolute Gasteiger partial charge is 0.478 e. The van der Waals surface area contributed by atoms with Gasteiger partial charge in [-0.1, -0.05) is 43.3 Å². The zero-order valence-corrected chi connectivity index (χ0v) is 18.1. The predicted octanol–water partition coefficient (Wildman–Crippen LogP) is 3.53. The summed E-state index contributed by atoms with van der Waals surface area (Å²) in [6.45, 7) is 1.74. The van der Waals surface area contributed by atoms with Crippen LogP contribution in [0.5, 0.6) is 0 Å². The van der Waals surface area contributed by atoms with Gasteiger partial charge in [0.1, 0.15) is 12.0 Å². The summed E-state index contributed by atoms with van der Waals surface area (Å²) >= 11 is 0. The number of carbonyl (C=O) groups is 1. The second-order valence-corrected chi connectivity index (χ2v) is 8.68. The molecule has 4 rings (SSSR count). The lowest BCUT2D eigenvalue weighted by Crippen LogP contribution is -2.18. The second kappa shape index (κ2) is 8.79. The van der Waals surface area contributed by atoms with Gasteiger partial charge in [-0.3, -0.25) is 4.72 Å². The van der Waals surface area contributed by atoms with Crippen molar-refractivity contribution in [3.8, 4) is 16.8 Å². The molecule has 9 nitrogen and oxygen atoms in total. The molecule has 0 aliphatic carbocycles. The third-order valence-corrected chi connectivity index (χ3v) is 6.46. The SMILES string of the molecule is CCc1ccc(C(=O)O)cc1S(=O)(=O)Nc1c(-c2ccccc2)ccc(-n2cnnn2)c1F. The van der Waals surface area contributed by atoms with Gasteiger partial charge in [0.15, 0.2) is 5.82 Å². The van der Waals surface area contributed by atoms with Crippen LogP contribution in [0, 0.1) is 5.82 Å². The Bertz CT molecular complexity index is 1420. The predicted molar refractivity (Wildman–Crippen MR) is 118 cm³/mol. The van der Waals surface area contributed by atoms with Crippen LogP contribution in [0.2, 0.25) is 0 Å². The third kappa shape index (κ3) is 4.30. The number of aryl methyl sites for hydroxylation is 1. The van der Waals surface area contributed by atoms with Crippen molar-refractivity contribution in [3.05, 3.63) is 83.9 Å². The summed E-state index contributed by atoms with van der Waals surface area (Å²) in [7, 11) is -4.36. The summed E-state index contributed by atoms with van der Waals surface area (Å²) in [6, 6.07) is 15.5. The van der Waals surface area contributed by atoms with Gasteiger partial charge in [-0.2, -0.15) is 4.68 Å². The minimum absolute atomic E-state index is 0.0626. The Balaban J connectivity index is 1.90. The van der Waals surface area contributed by atoms with Crippen LogP contribution in [-0.4, -0.2) is 39.7 Å². The van der Waals surface area contributed by atoms with Gasteiger partial charge in [0, 0.05) is 5.56 Å². The van der Waals surface area contributed by atoms with Crippen LogP contribution in [0.4, 0.5) is 10.1 Å². The van der Waals surface area contributed by atoms with E-state index in [0.717, 1.165) is 10.7 Å². The average molecular weight is 467 g/mol. The standard InChI is InChI=1S/C22H18FN5O4S/c1-2-14-8-9-16(22(29)30)12-19(14)33(31,32)25-21-17(15-6-4-3-5-7-15)10-11-18(20(21)23)28-13-24-26-27-28/h3-13,25H,2H2,1H3,(H,29,30). The Hall–Kier alpha value is -4.12. The van der Waals surface area contributed by atoms with Crippen molar-refractivity contribution in [1.82, 2.24) is 20.2 Å². The van der Waals surface area contributed by atoms with E-state index in [1.54, 1.807) is 43.3 Å². The first kappa shape index (κ1) is 22.1. The summed E-state index contributed by atoms with van der Waals surface area (Å²) in [6.07, 6.45) is 1.51. The van der Waals surface area contributed by atoms with Gasteiger partial charge in [-0.15, -0.1) is 5.10 Å². The molecule has 0 aliphatic rings. The Kier molecular flexibility index (Phi) is 5.88. The fraction of sp³-hybridized carbons (Fsp3) is 0.0909. The van der Waals surface area contributed by atoms with E-state index in [4.69, 9.17) is 0 Å². The molecule has 0 unspecified atom stereocenters. The lowest BCUT2D eigenvalue weighted by molar-refractivity contribution is 0.0696. The summed E-state index contributed by atoms with van der Waals surface area (Å²) in [5, 5.41) is 20.0. The number of carboxylic acid groups (broad SMARTS) is 1. The molecular weight excluding hydrogens is 449 g/mol. The quantitative estimate of drug-likeness (QED) is 0.426. The fourth-order valence-corrected chi connectivity index (χ4v) is 4.81. The topological polar surface area (TPSA) is 127 Å². The van der Waals surface area contributed by atoms with E-state index in [2.05, 4.69) is 20.2 Å².